The number of halogens is 1. The van der Waals surface area contributed by atoms with E-state index in [4.69, 9.17) is 16.3 Å². The molecular weight excluding hydrogens is 264 g/mol. The monoisotopic (exact) mass is 276 g/mol. The maximum absolute atomic E-state index is 11.8. The number of nitrogens with zero attached hydrogens (tertiary/aromatic N) is 1. The molecule has 0 atom stereocenters. The zero-order chi connectivity index (χ0) is 13.0. The Labute approximate surface area is 108 Å². The summed E-state index contributed by atoms with van der Waals surface area (Å²) in [6.07, 6.45) is 0. The highest BCUT2D eigenvalue weighted by Crippen LogP contribution is 2.23. The highest BCUT2D eigenvalue weighted by atomic mass is 35.5. The quantitative estimate of drug-likeness (QED) is 0.855. The Morgan fingerprint density at radius 1 is 1.53 bits per heavy atom. The van der Waals surface area contributed by atoms with E-state index in [0.29, 0.717) is 0 Å². The third-order valence-corrected chi connectivity index (χ3v) is 2.84. The predicted octanol–water partition coefficient (Wildman–Crippen LogP) is 2.11. The van der Waals surface area contributed by atoms with Crippen molar-refractivity contribution >= 4 is 34.8 Å². The molecule has 1 N–H and O–H groups in total. The van der Waals surface area contributed by atoms with Crippen molar-refractivity contribution < 1.29 is 14.3 Å². The number of aromatic nitrogens is 1. The number of hydrogen-bond donors (Lipinski definition) is 1. The second kappa shape index (κ2) is 5.97. The lowest BCUT2D eigenvalue weighted by Gasteiger charge is -2.07. The van der Waals surface area contributed by atoms with Crippen molar-refractivity contribution in [3.05, 3.63) is 15.0 Å². The fourth-order valence-electron chi connectivity index (χ4n) is 1.11. The third-order valence-electron chi connectivity index (χ3n) is 1.70. The number of amides is 1. The average Bonchev–Trinajstić information content (AvgIpc) is 2.60. The third kappa shape index (κ3) is 3.67. The van der Waals surface area contributed by atoms with Gasteiger partial charge in [-0.05, 0) is 20.8 Å². The molecule has 0 fully saturated rings. The summed E-state index contributed by atoms with van der Waals surface area (Å²) in [5, 5.41) is 2.65. The van der Waals surface area contributed by atoms with E-state index in [1.54, 1.807) is 6.92 Å². The van der Waals surface area contributed by atoms with Crippen LogP contribution in [0.4, 0.5) is 0 Å². The van der Waals surface area contributed by atoms with Gasteiger partial charge in [-0.15, -0.1) is 0 Å². The molecule has 0 saturated carbocycles. The minimum atomic E-state index is -0.578. The molecule has 1 rings (SSSR count). The fraction of sp³-hybridized carbons (Fsp3) is 0.500. The van der Waals surface area contributed by atoms with E-state index in [1.807, 2.05) is 13.8 Å². The first-order valence-corrected chi connectivity index (χ1v) is 6.29. The molecule has 1 aromatic heterocycles. The molecule has 0 aromatic carbocycles. The number of esters is 1. The SMILES string of the molecule is CCOC(=O)c1sc(Cl)nc1C(=O)NC(C)C. The van der Waals surface area contributed by atoms with Gasteiger partial charge in [0.2, 0.25) is 0 Å². The van der Waals surface area contributed by atoms with Crippen molar-refractivity contribution in [2.45, 2.75) is 26.8 Å². The van der Waals surface area contributed by atoms with E-state index >= 15 is 0 Å². The normalized spacial score (nSPS) is 10.4. The fourth-order valence-corrected chi connectivity index (χ4v) is 2.11. The first-order chi connectivity index (χ1) is 7.95. The standard InChI is InChI=1S/C10H13ClN2O3S/c1-4-16-9(15)7-6(13-10(11)17-7)8(14)12-5(2)3/h5H,4H2,1-3H3,(H,12,14). The summed E-state index contributed by atoms with van der Waals surface area (Å²) in [6.45, 7) is 5.56. The van der Waals surface area contributed by atoms with Crippen molar-refractivity contribution in [2.75, 3.05) is 6.61 Å². The van der Waals surface area contributed by atoms with Crippen LogP contribution in [0.25, 0.3) is 0 Å². The molecule has 0 radical (unpaired) electrons. The maximum atomic E-state index is 11.8. The summed E-state index contributed by atoms with van der Waals surface area (Å²) in [5.74, 6) is -1.00. The molecule has 0 aliphatic carbocycles. The summed E-state index contributed by atoms with van der Waals surface area (Å²) >= 11 is 6.65. The molecule has 0 spiro atoms. The predicted molar refractivity (Wildman–Crippen MR) is 65.7 cm³/mol. The lowest BCUT2D eigenvalue weighted by atomic mass is 10.3. The summed E-state index contributed by atoms with van der Waals surface area (Å²) < 4.78 is 4.97. The van der Waals surface area contributed by atoms with E-state index < -0.39 is 11.9 Å². The average molecular weight is 277 g/mol. The van der Waals surface area contributed by atoms with Crippen molar-refractivity contribution in [3.8, 4) is 0 Å². The van der Waals surface area contributed by atoms with Crippen LogP contribution in [-0.4, -0.2) is 29.5 Å². The first-order valence-electron chi connectivity index (χ1n) is 5.10. The molecule has 17 heavy (non-hydrogen) atoms. The Morgan fingerprint density at radius 2 is 2.18 bits per heavy atom. The summed E-state index contributed by atoms with van der Waals surface area (Å²) in [7, 11) is 0. The molecule has 0 unspecified atom stereocenters. The van der Waals surface area contributed by atoms with Crippen LogP contribution >= 0.6 is 22.9 Å². The highest BCUT2D eigenvalue weighted by molar-refractivity contribution is 7.17. The number of ether oxygens (including phenoxy) is 1. The second-order valence-electron chi connectivity index (χ2n) is 3.49. The Kier molecular flexibility index (Phi) is 4.89. The van der Waals surface area contributed by atoms with E-state index in [1.165, 1.54) is 0 Å². The Hall–Kier alpha value is -1.14. The van der Waals surface area contributed by atoms with Gasteiger partial charge in [-0.3, -0.25) is 4.79 Å². The topological polar surface area (TPSA) is 68.3 Å². The van der Waals surface area contributed by atoms with Gasteiger partial charge < -0.3 is 10.1 Å². The van der Waals surface area contributed by atoms with Gasteiger partial charge in [0.15, 0.2) is 10.2 Å². The molecule has 1 amide bonds. The lowest BCUT2D eigenvalue weighted by Crippen LogP contribution is -2.31. The smallest absolute Gasteiger partial charge is 0.350 e. The molecule has 5 nitrogen and oxygen atoms in total. The van der Waals surface area contributed by atoms with Crippen LogP contribution in [0.5, 0.6) is 0 Å². The van der Waals surface area contributed by atoms with Crippen LogP contribution in [-0.2, 0) is 4.74 Å². The maximum Gasteiger partial charge on any atom is 0.350 e. The van der Waals surface area contributed by atoms with Crippen molar-refractivity contribution in [1.82, 2.24) is 10.3 Å². The van der Waals surface area contributed by atoms with E-state index in [-0.39, 0.29) is 27.7 Å². The van der Waals surface area contributed by atoms with Crippen LogP contribution in [0.2, 0.25) is 4.47 Å². The molecule has 1 aromatic rings. The van der Waals surface area contributed by atoms with Crippen LogP contribution in [0.3, 0.4) is 0 Å². The Morgan fingerprint density at radius 3 is 2.71 bits per heavy atom. The summed E-state index contributed by atoms with van der Waals surface area (Å²) in [5.41, 5.74) is 0.0205. The van der Waals surface area contributed by atoms with Crippen LogP contribution in [0.1, 0.15) is 40.9 Å². The second-order valence-corrected chi connectivity index (χ2v) is 5.07. The minimum absolute atomic E-state index is 0.0205. The van der Waals surface area contributed by atoms with Crippen molar-refractivity contribution in [3.63, 3.8) is 0 Å². The highest BCUT2D eigenvalue weighted by Gasteiger charge is 2.24. The zero-order valence-electron chi connectivity index (χ0n) is 9.74. The molecule has 1 heterocycles. The van der Waals surface area contributed by atoms with Crippen LogP contribution < -0.4 is 5.32 Å². The number of thiazole rings is 1. The van der Waals surface area contributed by atoms with Crippen LogP contribution in [0, 0.1) is 0 Å². The molecule has 0 aliphatic heterocycles. The van der Waals surface area contributed by atoms with Crippen molar-refractivity contribution in [2.24, 2.45) is 0 Å². The van der Waals surface area contributed by atoms with E-state index in [2.05, 4.69) is 10.3 Å². The Balaban J connectivity index is 2.99. The number of rotatable bonds is 4. The van der Waals surface area contributed by atoms with Gasteiger partial charge in [0.1, 0.15) is 4.88 Å². The minimum Gasteiger partial charge on any atom is -0.462 e. The van der Waals surface area contributed by atoms with Gasteiger partial charge in [-0.25, -0.2) is 9.78 Å². The molecule has 0 aliphatic rings. The molecule has 0 saturated heterocycles. The number of hydrogen-bond acceptors (Lipinski definition) is 5. The van der Waals surface area contributed by atoms with Crippen molar-refractivity contribution in [1.29, 1.82) is 0 Å². The molecule has 94 valence electrons. The van der Waals surface area contributed by atoms with E-state index in [9.17, 15) is 9.59 Å². The number of carbonyl (C=O) groups is 2. The van der Waals surface area contributed by atoms with Gasteiger partial charge in [0, 0.05) is 6.04 Å². The van der Waals surface area contributed by atoms with Gasteiger partial charge in [0.25, 0.3) is 5.91 Å². The molecular formula is C10H13ClN2O3S. The Bertz CT molecular complexity index is 431. The van der Waals surface area contributed by atoms with Gasteiger partial charge in [0.05, 0.1) is 6.61 Å². The van der Waals surface area contributed by atoms with Gasteiger partial charge in [-0.1, -0.05) is 22.9 Å². The first kappa shape index (κ1) is 13.9. The zero-order valence-corrected chi connectivity index (χ0v) is 11.3. The van der Waals surface area contributed by atoms with E-state index in [0.717, 1.165) is 11.3 Å². The molecule has 0 bridgehead atoms. The number of nitrogens with one attached hydrogen (secondary N) is 1. The van der Waals surface area contributed by atoms with Crippen LogP contribution in [0.15, 0.2) is 0 Å². The summed E-state index contributed by atoms with van der Waals surface area (Å²) in [6, 6.07) is -0.0435. The number of carbonyl (C=O) groups excluding carboxylic acids is 2. The lowest BCUT2D eigenvalue weighted by molar-refractivity contribution is 0.0528. The molecule has 7 heteroatoms. The summed E-state index contributed by atoms with van der Waals surface area (Å²) in [4.78, 5) is 27.3. The van der Waals surface area contributed by atoms with Gasteiger partial charge in [-0.2, -0.15) is 0 Å². The van der Waals surface area contributed by atoms with Gasteiger partial charge >= 0.3 is 5.97 Å². The largest absolute Gasteiger partial charge is 0.462 e.